The Bertz CT molecular complexity index is 1120. The maximum atomic E-state index is 13.4. The van der Waals surface area contributed by atoms with Crippen LogP contribution in [0.4, 0.5) is 0 Å². The molecule has 1 saturated heterocycles. The zero-order valence-electron chi connectivity index (χ0n) is 20.4. The standard InChI is InChI=1S/C26H36N4O4/c1-27-23(19-24(31)28(2)26(27)33)25(32)30-15-6-5-14-29-13-4-3-9-21(29)12-11-20-8-7-10-22(18-20)34-17-16-30/h7-8,10,18-19,21H,3-6,9,11-17H2,1-2H3. The van der Waals surface area contributed by atoms with E-state index < -0.39 is 11.2 Å². The fourth-order valence-electron chi connectivity index (χ4n) is 5.11. The lowest BCUT2D eigenvalue weighted by molar-refractivity contribution is 0.0709. The number of piperidine rings is 1. The van der Waals surface area contributed by atoms with Gasteiger partial charge in [-0.05, 0) is 69.3 Å². The molecular weight excluding hydrogens is 432 g/mol. The van der Waals surface area contributed by atoms with Gasteiger partial charge in [0.1, 0.15) is 18.1 Å². The van der Waals surface area contributed by atoms with Gasteiger partial charge in [0.15, 0.2) is 0 Å². The summed E-state index contributed by atoms with van der Waals surface area (Å²) in [6.07, 6.45) is 7.86. The van der Waals surface area contributed by atoms with Crippen molar-refractivity contribution in [2.24, 2.45) is 14.1 Å². The zero-order chi connectivity index (χ0) is 24.1. The lowest BCUT2D eigenvalue weighted by atomic mass is 9.95. The van der Waals surface area contributed by atoms with Crippen molar-refractivity contribution in [3.63, 3.8) is 0 Å². The van der Waals surface area contributed by atoms with Crippen LogP contribution in [0.2, 0.25) is 0 Å². The van der Waals surface area contributed by atoms with Gasteiger partial charge in [0, 0.05) is 32.7 Å². The molecule has 0 radical (unpaired) electrons. The quantitative estimate of drug-likeness (QED) is 0.641. The highest BCUT2D eigenvalue weighted by atomic mass is 16.5. The van der Waals surface area contributed by atoms with E-state index in [0.717, 1.165) is 49.1 Å². The first-order chi connectivity index (χ1) is 16.4. The van der Waals surface area contributed by atoms with E-state index in [2.05, 4.69) is 17.0 Å². The first-order valence-electron chi connectivity index (χ1n) is 12.5. The number of hydrogen-bond donors (Lipinski definition) is 0. The van der Waals surface area contributed by atoms with Gasteiger partial charge < -0.3 is 14.5 Å². The second-order valence-electron chi connectivity index (χ2n) is 9.49. The van der Waals surface area contributed by atoms with Crippen molar-refractivity contribution in [2.45, 2.75) is 51.0 Å². The smallest absolute Gasteiger partial charge is 0.331 e. The zero-order valence-corrected chi connectivity index (χ0v) is 20.4. The van der Waals surface area contributed by atoms with E-state index in [0.29, 0.717) is 25.7 Å². The third-order valence-corrected chi connectivity index (χ3v) is 7.20. The van der Waals surface area contributed by atoms with Gasteiger partial charge in [-0.25, -0.2) is 4.79 Å². The Labute approximate surface area is 200 Å². The number of amides is 1. The van der Waals surface area contributed by atoms with E-state index in [1.807, 2.05) is 12.1 Å². The molecule has 0 spiro atoms. The van der Waals surface area contributed by atoms with Crippen molar-refractivity contribution in [3.05, 3.63) is 62.4 Å². The Balaban J connectivity index is 1.55. The Morgan fingerprint density at radius 2 is 1.68 bits per heavy atom. The molecule has 0 N–H and O–H groups in total. The van der Waals surface area contributed by atoms with Gasteiger partial charge in [-0.2, -0.15) is 0 Å². The minimum atomic E-state index is -0.501. The van der Waals surface area contributed by atoms with Crippen LogP contribution in [-0.2, 0) is 20.5 Å². The first kappa shape index (κ1) is 24.3. The van der Waals surface area contributed by atoms with E-state index in [-0.39, 0.29) is 11.6 Å². The molecule has 2 aliphatic rings. The molecule has 0 saturated carbocycles. The summed E-state index contributed by atoms with van der Waals surface area (Å²) in [4.78, 5) is 42.3. The first-order valence-corrected chi connectivity index (χ1v) is 12.5. The third kappa shape index (κ3) is 5.60. The summed E-state index contributed by atoms with van der Waals surface area (Å²) in [6, 6.07) is 10.1. The number of hydrogen-bond acceptors (Lipinski definition) is 5. The largest absolute Gasteiger partial charge is 0.492 e. The number of aromatic nitrogens is 2. The molecule has 2 aliphatic heterocycles. The number of carbonyl (C=O) groups is 1. The number of rotatable bonds is 1. The van der Waals surface area contributed by atoms with Crippen LogP contribution in [0.25, 0.3) is 0 Å². The Morgan fingerprint density at radius 3 is 2.50 bits per heavy atom. The van der Waals surface area contributed by atoms with Crippen LogP contribution in [0, 0.1) is 0 Å². The van der Waals surface area contributed by atoms with Crippen LogP contribution >= 0.6 is 0 Å². The fraction of sp³-hybridized carbons (Fsp3) is 0.577. The van der Waals surface area contributed by atoms with Crippen molar-refractivity contribution in [3.8, 4) is 5.75 Å². The van der Waals surface area contributed by atoms with E-state index in [9.17, 15) is 14.4 Å². The second kappa shape index (κ2) is 11.0. The normalized spacial score (nSPS) is 20.5. The van der Waals surface area contributed by atoms with Crippen molar-refractivity contribution < 1.29 is 9.53 Å². The van der Waals surface area contributed by atoms with Crippen LogP contribution in [0.3, 0.4) is 0 Å². The van der Waals surface area contributed by atoms with Gasteiger partial charge in [-0.3, -0.25) is 18.7 Å². The van der Waals surface area contributed by atoms with Gasteiger partial charge in [-0.1, -0.05) is 18.6 Å². The molecule has 1 atom stereocenters. The molecule has 1 aromatic carbocycles. The molecule has 3 heterocycles. The molecule has 1 amide bonds. The average Bonchev–Trinajstić information content (AvgIpc) is 2.85. The number of fused-ring (bicyclic) bond motifs is 3. The predicted molar refractivity (Wildman–Crippen MR) is 132 cm³/mol. The third-order valence-electron chi connectivity index (χ3n) is 7.20. The van der Waals surface area contributed by atoms with E-state index in [1.54, 1.807) is 4.90 Å². The summed E-state index contributed by atoms with van der Waals surface area (Å²) in [6.45, 7) is 3.48. The van der Waals surface area contributed by atoms with Crippen LogP contribution in [0.1, 0.15) is 54.6 Å². The van der Waals surface area contributed by atoms with Crippen LogP contribution in [0.5, 0.6) is 5.75 Å². The van der Waals surface area contributed by atoms with Crippen LogP contribution in [0.15, 0.2) is 39.9 Å². The van der Waals surface area contributed by atoms with Gasteiger partial charge in [0.25, 0.3) is 11.5 Å². The highest BCUT2D eigenvalue weighted by Crippen LogP contribution is 2.23. The Morgan fingerprint density at radius 1 is 0.912 bits per heavy atom. The lowest BCUT2D eigenvalue weighted by Gasteiger charge is -2.36. The Kier molecular flexibility index (Phi) is 7.88. The predicted octanol–water partition coefficient (Wildman–Crippen LogP) is 2.19. The molecule has 1 fully saturated rings. The van der Waals surface area contributed by atoms with E-state index in [1.165, 1.54) is 49.6 Å². The lowest BCUT2D eigenvalue weighted by Crippen LogP contribution is -2.43. The summed E-state index contributed by atoms with van der Waals surface area (Å²) in [5.74, 6) is 0.496. The summed E-state index contributed by atoms with van der Waals surface area (Å²) >= 11 is 0. The minimum absolute atomic E-state index is 0.115. The molecule has 4 rings (SSSR count). The molecule has 1 aromatic heterocycles. The maximum Gasteiger partial charge on any atom is 0.331 e. The summed E-state index contributed by atoms with van der Waals surface area (Å²) in [5.41, 5.74) is 0.414. The van der Waals surface area contributed by atoms with Gasteiger partial charge in [0.2, 0.25) is 0 Å². The molecule has 8 heteroatoms. The van der Waals surface area contributed by atoms with Gasteiger partial charge in [0.05, 0.1) is 6.54 Å². The van der Waals surface area contributed by atoms with E-state index in [4.69, 9.17) is 4.74 Å². The summed E-state index contributed by atoms with van der Waals surface area (Å²) in [5, 5.41) is 0. The number of carbonyl (C=O) groups excluding carboxylic acids is 1. The monoisotopic (exact) mass is 468 g/mol. The number of aryl methyl sites for hydroxylation is 1. The highest BCUT2D eigenvalue weighted by Gasteiger charge is 2.23. The van der Waals surface area contributed by atoms with Crippen molar-refractivity contribution in [1.82, 2.24) is 18.9 Å². The number of ether oxygens (including phenoxy) is 1. The SMILES string of the molecule is Cn1c(C(=O)N2CCCCN3CCCCC3CCc3cccc(c3)OCC2)cc(=O)n(C)c1=O. The molecule has 1 unspecified atom stereocenters. The highest BCUT2D eigenvalue weighted by molar-refractivity contribution is 5.92. The molecule has 2 aromatic rings. The topological polar surface area (TPSA) is 76.8 Å². The number of nitrogens with zero attached hydrogens (tertiary/aromatic N) is 4. The maximum absolute atomic E-state index is 13.4. The average molecular weight is 469 g/mol. The van der Waals surface area contributed by atoms with Crippen LogP contribution < -0.4 is 16.0 Å². The van der Waals surface area contributed by atoms with Crippen molar-refractivity contribution in [1.29, 1.82) is 0 Å². The molecular formula is C26H36N4O4. The van der Waals surface area contributed by atoms with Crippen molar-refractivity contribution in [2.75, 3.05) is 32.8 Å². The molecule has 34 heavy (non-hydrogen) atoms. The number of benzene rings is 1. The Hall–Kier alpha value is -2.87. The molecule has 8 nitrogen and oxygen atoms in total. The summed E-state index contributed by atoms with van der Waals surface area (Å²) in [7, 11) is 2.94. The van der Waals surface area contributed by atoms with Gasteiger partial charge in [-0.15, -0.1) is 0 Å². The molecule has 2 bridgehead atoms. The van der Waals surface area contributed by atoms with E-state index >= 15 is 0 Å². The second-order valence-corrected chi connectivity index (χ2v) is 9.49. The molecule has 184 valence electrons. The minimum Gasteiger partial charge on any atom is -0.492 e. The summed E-state index contributed by atoms with van der Waals surface area (Å²) < 4.78 is 8.26. The van der Waals surface area contributed by atoms with Gasteiger partial charge >= 0.3 is 5.69 Å². The molecule has 0 aliphatic carbocycles. The van der Waals surface area contributed by atoms with Crippen molar-refractivity contribution >= 4 is 5.91 Å². The fourth-order valence-corrected chi connectivity index (χ4v) is 5.11. The van der Waals surface area contributed by atoms with Crippen LogP contribution in [-0.4, -0.2) is 63.7 Å².